The predicted molar refractivity (Wildman–Crippen MR) is 70.1 cm³/mol. The van der Waals surface area contributed by atoms with Gasteiger partial charge in [-0.2, -0.15) is 0 Å². The summed E-state index contributed by atoms with van der Waals surface area (Å²) in [5.74, 6) is 0.614. The van der Waals surface area contributed by atoms with E-state index in [0.29, 0.717) is 5.92 Å². The molecule has 1 aromatic carbocycles. The SMILES string of the molecule is Cc1cccc(N(CC2CCCC2)C(N)=O)c1. The zero-order valence-corrected chi connectivity index (χ0v) is 10.4. The normalized spacial score (nSPS) is 16.1. The number of carbonyl (C=O) groups is 1. The highest BCUT2D eigenvalue weighted by Gasteiger charge is 2.21. The summed E-state index contributed by atoms with van der Waals surface area (Å²) in [7, 11) is 0. The molecular formula is C14H20N2O. The molecule has 92 valence electrons. The molecule has 1 saturated carbocycles. The van der Waals surface area contributed by atoms with Crippen LogP contribution < -0.4 is 10.6 Å². The molecule has 1 aliphatic carbocycles. The predicted octanol–water partition coefficient (Wildman–Crippen LogP) is 3.07. The van der Waals surface area contributed by atoms with Crippen molar-refractivity contribution in [3.05, 3.63) is 29.8 Å². The van der Waals surface area contributed by atoms with E-state index in [2.05, 4.69) is 0 Å². The van der Waals surface area contributed by atoms with E-state index >= 15 is 0 Å². The molecule has 1 aromatic rings. The zero-order chi connectivity index (χ0) is 12.3. The summed E-state index contributed by atoms with van der Waals surface area (Å²) < 4.78 is 0. The quantitative estimate of drug-likeness (QED) is 0.855. The van der Waals surface area contributed by atoms with E-state index in [1.165, 1.54) is 25.7 Å². The molecule has 0 atom stereocenters. The molecule has 0 radical (unpaired) electrons. The molecule has 0 bridgehead atoms. The van der Waals surface area contributed by atoms with Crippen LogP contribution >= 0.6 is 0 Å². The number of nitrogens with zero attached hydrogens (tertiary/aromatic N) is 1. The number of aryl methyl sites for hydroxylation is 1. The third-order valence-electron chi connectivity index (χ3n) is 3.49. The second-order valence-corrected chi connectivity index (χ2v) is 4.94. The Balaban J connectivity index is 2.13. The zero-order valence-electron chi connectivity index (χ0n) is 10.4. The summed E-state index contributed by atoms with van der Waals surface area (Å²) in [5, 5.41) is 0. The Morgan fingerprint density at radius 2 is 2.12 bits per heavy atom. The van der Waals surface area contributed by atoms with E-state index in [9.17, 15) is 4.79 Å². The fourth-order valence-electron chi connectivity index (χ4n) is 2.57. The van der Waals surface area contributed by atoms with Crippen LogP contribution in [0.4, 0.5) is 10.5 Å². The Morgan fingerprint density at radius 3 is 2.71 bits per heavy atom. The van der Waals surface area contributed by atoms with Gasteiger partial charge in [0, 0.05) is 12.2 Å². The van der Waals surface area contributed by atoms with Crippen molar-refractivity contribution in [3.8, 4) is 0 Å². The molecule has 1 aliphatic rings. The number of nitrogens with two attached hydrogens (primary N) is 1. The van der Waals surface area contributed by atoms with Gasteiger partial charge >= 0.3 is 6.03 Å². The van der Waals surface area contributed by atoms with Gasteiger partial charge in [0.15, 0.2) is 0 Å². The summed E-state index contributed by atoms with van der Waals surface area (Å²) in [4.78, 5) is 13.3. The van der Waals surface area contributed by atoms with E-state index < -0.39 is 0 Å². The van der Waals surface area contributed by atoms with Crippen LogP contribution in [0, 0.1) is 12.8 Å². The first-order valence-corrected chi connectivity index (χ1v) is 6.30. The average molecular weight is 232 g/mol. The Labute approximate surface area is 103 Å². The summed E-state index contributed by atoms with van der Waals surface area (Å²) in [6.07, 6.45) is 5.00. The van der Waals surface area contributed by atoms with E-state index in [1.54, 1.807) is 4.90 Å². The number of hydrogen-bond acceptors (Lipinski definition) is 1. The molecule has 0 aromatic heterocycles. The molecule has 1 fully saturated rings. The van der Waals surface area contributed by atoms with Crippen LogP contribution in [0.1, 0.15) is 31.2 Å². The van der Waals surface area contributed by atoms with Crippen molar-refractivity contribution in [2.75, 3.05) is 11.4 Å². The van der Waals surface area contributed by atoms with Gasteiger partial charge in [0.2, 0.25) is 0 Å². The minimum atomic E-state index is -0.345. The number of amides is 2. The molecule has 0 saturated heterocycles. The Morgan fingerprint density at radius 1 is 1.41 bits per heavy atom. The largest absolute Gasteiger partial charge is 0.351 e. The maximum absolute atomic E-state index is 11.5. The second-order valence-electron chi connectivity index (χ2n) is 4.94. The van der Waals surface area contributed by atoms with Crippen LogP contribution in [-0.2, 0) is 0 Å². The van der Waals surface area contributed by atoms with E-state index in [1.807, 2.05) is 31.2 Å². The van der Waals surface area contributed by atoms with Crippen molar-refractivity contribution in [1.82, 2.24) is 0 Å². The molecule has 3 nitrogen and oxygen atoms in total. The number of carbonyl (C=O) groups excluding carboxylic acids is 1. The molecule has 3 heteroatoms. The number of rotatable bonds is 3. The summed E-state index contributed by atoms with van der Waals surface area (Å²) in [5.41, 5.74) is 7.56. The number of primary amides is 1. The van der Waals surface area contributed by atoms with E-state index in [-0.39, 0.29) is 6.03 Å². The maximum atomic E-state index is 11.5. The highest BCUT2D eigenvalue weighted by molar-refractivity contribution is 5.90. The van der Waals surface area contributed by atoms with Crippen molar-refractivity contribution < 1.29 is 4.79 Å². The third-order valence-corrected chi connectivity index (χ3v) is 3.49. The average Bonchev–Trinajstić information content (AvgIpc) is 2.78. The van der Waals surface area contributed by atoms with Gasteiger partial charge in [0.1, 0.15) is 0 Å². The maximum Gasteiger partial charge on any atom is 0.319 e. The standard InChI is InChI=1S/C14H20N2O/c1-11-5-4-8-13(9-11)16(14(15)17)10-12-6-2-3-7-12/h4-5,8-9,12H,2-3,6-7,10H2,1H3,(H2,15,17). The molecule has 2 amide bonds. The first-order valence-electron chi connectivity index (χ1n) is 6.30. The molecule has 0 spiro atoms. The van der Waals surface area contributed by atoms with Crippen LogP contribution in [-0.4, -0.2) is 12.6 Å². The third kappa shape index (κ3) is 2.99. The van der Waals surface area contributed by atoms with Crippen LogP contribution in [0.2, 0.25) is 0 Å². The van der Waals surface area contributed by atoms with Crippen LogP contribution in [0.5, 0.6) is 0 Å². The lowest BCUT2D eigenvalue weighted by atomic mass is 10.1. The van der Waals surface area contributed by atoms with Crippen molar-refractivity contribution in [3.63, 3.8) is 0 Å². The van der Waals surface area contributed by atoms with Gasteiger partial charge in [-0.1, -0.05) is 25.0 Å². The van der Waals surface area contributed by atoms with E-state index in [0.717, 1.165) is 17.8 Å². The lowest BCUT2D eigenvalue weighted by Crippen LogP contribution is -2.38. The molecule has 0 unspecified atom stereocenters. The second kappa shape index (κ2) is 5.21. The first kappa shape index (κ1) is 12.0. The number of urea groups is 1. The van der Waals surface area contributed by atoms with Crippen LogP contribution in [0.15, 0.2) is 24.3 Å². The fraction of sp³-hybridized carbons (Fsp3) is 0.500. The molecule has 0 heterocycles. The molecular weight excluding hydrogens is 212 g/mol. The van der Waals surface area contributed by atoms with E-state index in [4.69, 9.17) is 5.73 Å². The minimum absolute atomic E-state index is 0.345. The van der Waals surface area contributed by atoms with Crippen LogP contribution in [0.3, 0.4) is 0 Å². The number of benzene rings is 1. The Bertz CT molecular complexity index is 397. The Hall–Kier alpha value is -1.51. The summed E-state index contributed by atoms with van der Waals surface area (Å²) in [6, 6.07) is 7.61. The van der Waals surface area contributed by atoms with Crippen molar-refractivity contribution in [2.24, 2.45) is 11.7 Å². The topological polar surface area (TPSA) is 46.3 Å². The minimum Gasteiger partial charge on any atom is -0.351 e. The van der Waals surface area contributed by atoms with Gasteiger partial charge in [-0.25, -0.2) is 4.79 Å². The highest BCUT2D eigenvalue weighted by Crippen LogP contribution is 2.27. The summed E-state index contributed by atoms with van der Waals surface area (Å²) >= 11 is 0. The number of anilines is 1. The van der Waals surface area contributed by atoms with Crippen molar-refractivity contribution in [1.29, 1.82) is 0 Å². The lowest BCUT2D eigenvalue weighted by Gasteiger charge is -2.24. The molecule has 0 aliphatic heterocycles. The highest BCUT2D eigenvalue weighted by atomic mass is 16.2. The van der Waals surface area contributed by atoms with Gasteiger partial charge in [-0.05, 0) is 43.4 Å². The van der Waals surface area contributed by atoms with Gasteiger partial charge in [0.05, 0.1) is 0 Å². The molecule has 17 heavy (non-hydrogen) atoms. The number of hydrogen-bond donors (Lipinski definition) is 1. The first-order chi connectivity index (χ1) is 8.16. The van der Waals surface area contributed by atoms with Gasteiger partial charge in [0.25, 0.3) is 0 Å². The van der Waals surface area contributed by atoms with Crippen LogP contribution in [0.25, 0.3) is 0 Å². The van der Waals surface area contributed by atoms with Gasteiger partial charge < -0.3 is 5.73 Å². The smallest absolute Gasteiger partial charge is 0.319 e. The lowest BCUT2D eigenvalue weighted by molar-refractivity contribution is 0.252. The summed E-state index contributed by atoms with van der Waals surface area (Å²) in [6.45, 7) is 2.79. The molecule has 2 N–H and O–H groups in total. The van der Waals surface area contributed by atoms with Crippen molar-refractivity contribution >= 4 is 11.7 Å². The molecule has 2 rings (SSSR count). The fourth-order valence-corrected chi connectivity index (χ4v) is 2.57. The van der Waals surface area contributed by atoms with Gasteiger partial charge in [-0.15, -0.1) is 0 Å². The Kier molecular flexibility index (Phi) is 3.67. The monoisotopic (exact) mass is 232 g/mol. The van der Waals surface area contributed by atoms with Crippen molar-refractivity contribution in [2.45, 2.75) is 32.6 Å². The van der Waals surface area contributed by atoms with Gasteiger partial charge in [-0.3, -0.25) is 4.90 Å².